The highest BCUT2D eigenvalue weighted by Gasteiger charge is 2.23. The van der Waals surface area contributed by atoms with E-state index in [0.717, 1.165) is 36.5 Å². The molecule has 0 radical (unpaired) electrons. The second-order valence-electron chi connectivity index (χ2n) is 7.26. The third-order valence-corrected chi connectivity index (χ3v) is 5.24. The van der Waals surface area contributed by atoms with Gasteiger partial charge in [-0.2, -0.15) is 0 Å². The summed E-state index contributed by atoms with van der Waals surface area (Å²) in [7, 11) is 3.51. The fraction of sp³-hybridized carbons (Fsp3) is 0.400. The molecule has 29 heavy (non-hydrogen) atoms. The monoisotopic (exact) mass is 395 g/mol. The zero-order valence-electron chi connectivity index (χ0n) is 16.6. The molecule has 1 aromatic carbocycles. The van der Waals surface area contributed by atoms with Crippen LogP contribution in [0, 0.1) is 5.92 Å². The molecule has 3 aromatic rings. The standard InChI is InChI=1S/C20H25N7O2/c1-26(20-18-19(23-12-22-18)24-13-25-20)11-17(28)21-9-14-6-7-27(10-14)15-4-3-5-16(8-15)29-2/h3-5,8,12-14H,6-7,9-11H2,1-2H3,(H,21,28)(H,22,23,24,25). The van der Waals surface area contributed by atoms with Crippen LogP contribution in [-0.2, 0) is 4.79 Å². The van der Waals surface area contributed by atoms with E-state index >= 15 is 0 Å². The van der Waals surface area contributed by atoms with Crippen molar-refractivity contribution in [3.63, 3.8) is 0 Å². The van der Waals surface area contributed by atoms with Crippen molar-refractivity contribution in [3.8, 4) is 5.75 Å². The van der Waals surface area contributed by atoms with Crippen molar-refractivity contribution in [2.75, 3.05) is 50.1 Å². The Morgan fingerprint density at radius 2 is 2.28 bits per heavy atom. The molecule has 2 N–H and O–H groups in total. The van der Waals surface area contributed by atoms with E-state index in [0.29, 0.717) is 23.9 Å². The van der Waals surface area contributed by atoms with Crippen molar-refractivity contribution < 1.29 is 9.53 Å². The molecule has 1 unspecified atom stereocenters. The van der Waals surface area contributed by atoms with Crippen molar-refractivity contribution in [1.29, 1.82) is 0 Å². The lowest BCUT2D eigenvalue weighted by Gasteiger charge is -2.20. The third-order valence-electron chi connectivity index (χ3n) is 5.24. The van der Waals surface area contributed by atoms with Gasteiger partial charge in [0.2, 0.25) is 5.91 Å². The maximum absolute atomic E-state index is 12.4. The number of imidazole rings is 1. The van der Waals surface area contributed by atoms with Gasteiger partial charge in [0.15, 0.2) is 11.5 Å². The summed E-state index contributed by atoms with van der Waals surface area (Å²) in [5, 5.41) is 3.06. The molecule has 1 saturated heterocycles. The van der Waals surface area contributed by atoms with E-state index in [2.05, 4.69) is 36.2 Å². The Kier molecular flexibility index (Phi) is 5.46. The van der Waals surface area contributed by atoms with Crippen LogP contribution >= 0.6 is 0 Å². The van der Waals surface area contributed by atoms with Gasteiger partial charge in [-0.05, 0) is 24.5 Å². The zero-order chi connectivity index (χ0) is 20.2. The number of ether oxygens (including phenoxy) is 1. The van der Waals surface area contributed by atoms with Gasteiger partial charge in [0.25, 0.3) is 0 Å². The second-order valence-corrected chi connectivity index (χ2v) is 7.26. The fourth-order valence-corrected chi connectivity index (χ4v) is 3.69. The number of nitrogens with one attached hydrogen (secondary N) is 2. The number of carbonyl (C=O) groups excluding carboxylic acids is 1. The molecule has 0 aliphatic carbocycles. The lowest BCUT2D eigenvalue weighted by atomic mass is 10.1. The molecule has 4 rings (SSSR count). The molecular formula is C20H25N7O2. The summed E-state index contributed by atoms with van der Waals surface area (Å²) < 4.78 is 5.31. The smallest absolute Gasteiger partial charge is 0.239 e. The number of likely N-dealkylation sites (N-methyl/N-ethyl adjacent to an activating group) is 1. The van der Waals surface area contributed by atoms with Crippen LogP contribution in [0.4, 0.5) is 11.5 Å². The minimum absolute atomic E-state index is 0.0291. The van der Waals surface area contributed by atoms with Crippen LogP contribution in [0.5, 0.6) is 5.75 Å². The van der Waals surface area contributed by atoms with Gasteiger partial charge in [0.1, 0.15) is 17.6 Å². The van der Waals surface area contributed by atoms with E-state index in [1.54, 1.807) is 18.3 Å². The van der Waals surface area contributed by atoms with Crippen LogP contribution in [0.15, 0.2) is 36.9 Å². The quantitative estimate of drug-likeness (QED) is 0.624. The Labute approximate surface area is 169 Å². The number of aromatic amines is 1. The summed E-state index contributed by atoms with van der Waals surface area (Å²) in [5.41, 5.74) is 2.48. The van der Waals surface area contributed by atoms with Gasteiger partial charge in [-0.1, -0.05) is 6.07 Å². The van der Waals surface area contributed by atoms with E-state index < -0.39 is 0 Å². The first kappa shape index (κ1) is 19.0. The first-order chi connectivity index (χ1) is 14.1. The van der Waals surface area contributed by atoms with Gasteiger partial charge in [-0.15, -0.1) is 0 Å². The normalized spacial score (nSPS) is 16.2. The highest BCUT2D eigenvalue weighted by Crippen LogP contribution is 2.26. The number of benzene rings is 1. The molecule has 1 aliphatic rings. The number of H-pyrrole nitrogens is 1. The molecule has 0 spiro atoms. The van der Waals surface area contributed by atoms with Crippen LogP contribution in [-0.4, -0.2) is 66.2 Å². The highest BCUT2D eigenvalue weighted by molar-refractivity contribution is 5.86. The van der Waals surface area contributed by atoms with Gasteiger partial charge in [0, 0.05) is 38.4 Å². The molecule has 9 heteroatoms. The van der Waals surface area contributed by atoms with Crippen LogP contribution in [0.2, 0.25) is 0 Å². The topological polar surface area (TPSA) is 99.3 Å². The SMILES string of the molecule is COc1cccc(N2CCC(CNC(=O)CN(C)c3ncnc4nc[nH]c34)C2)c1. The number of methoxy groups -OCH3 is 1. The zero-order valence-corrected chi connectivity index (χ0v) is 16.6. The number of hydrogen-bond donors (Lipinski definition) is 2. The Hall–Kier alpha value is -3.36. The van der Waals surface area contributed by atoms with Crippen molar-refractivity contribution in [3.05, 3.63) is 36.9 Å². The number of amides is 1. The molecule has 3 heterocycles. The van der Waals surface area contributed by atoms with Crippen molar-refractivity contribution in [1.82, 2.24) is 25.3 Å². The lowest BCUT2D eigenvalue weighted by molar-refractivity contribution is -0.119. The Morgan fingerprint density at radius 1 is 1.38 bits per heavy atom. The molecule has 0 saturated carbocycles. The lowest BCUT2D eigenvalue weighted by Crippen LogP contribution is -2.38. The van der Waals surface area contributed by atoms with Gasteiger partial charge in [-0.25, -0.2) is 15.0 Å². The largest absolute Gasteiger partial charge is 0.497 e. The van der Waals surface area contributed by atoms with Crippen molar-refractivity contribution in [2.24, 2.45) is 5.92 Å². The summed E-state index contributed by atoms with van der Waals surface area (Å²) >= 11 is 0. The average Bonchev–Trinajstić information content (AvgIpc) is 3.41. The Bertz CT molecular complexity index is 990. The number of fused-ring (bicyclic) bond motifs is 1. The van der Waals surface area contributed by atoms with Crippen LogP contribution in [0.1, 0.15) is 6.42 Å². The van der Waals surface area contributed by atoms with Gasteiger partial charge in [-0.3, -0.25) is 4.79 Å². The van der Waals surface area contributed by atoms with E-state index in [4.69, 9.17) is 4.74 Å². The maximum atomic E-state index is 12.4. The first-order valence-electron chi connectivity index (χ1n) is 9.65. The molecule has 1 fully saturated rings. The predicted octanol–water partition coefficient (Wildman–Crippen LogP) is 1.44. The molecule has 152 valence electrons. The van der Waals surface area contributed by atoms with Crippen LogP contribution in [0.3, 0.4) is 0 Å². The molecule has 2 aromatic heterocycles. The van der Waals surface area contributed by atoms with E-state index in [1.165, 1.54) is 6.33 Å². The Balaban J connectivity index is 1.28. The number of carbonyl (C=O) groups is 1. The Morgan fingerprint density at radius 3 is 3.14 bits per heavy atom. The molecule has 1 amide bonds. The number of aromatic nitrogens is 4. The van der Waals surface area contributed by atoms with Crippen LogP contribution in [0.25, 0.3) is 11.2 Å². The summed E-state index contributed by atoms with van der Waals surface area (Å²) in [6, 6.07) is 8.09. The van der Waals surface area contributed by atoms with E-state index in [1.807, 2.05) is 25.2 Å². The van der Waals surface area contributed by atoms with Crippen LogP contribution < -0.4 is 19.9 Å². The minimum atomic E-state index is -0.0291. The number of anilines is 2. The van der Waals surface area contributed by atoms with Gasteiger partial charge in [0.05, 0.1) is 20.0 Å². The average molecular weight is 395 g/mol. The van der Waals surface area contributed by atoms with Crippen molar-refractivity contribution >= 4 is 28.6 Å². The van der Waals surface area contributed by atoms with Gasteiger partial charge < -0.3 is 24.8 Å². The number of hydrogen-bond acceptors (Lipinski definition) is 7. The third kappa shape index (κ3) is 4.23. The number of rotatable bonds is 7. The summed E-state index contributed by atoms with van der Waals surface area (Å²) in [4.78, 5) is 32.1. The highest BCUT2D eigenvalue weighted by atomic mass is 16.5. The maximum Gasteiger partial charge on any atom is 0.239 e. The predicted molar refractivity (Wildman–Crippen MR) is 111 cm³/mol. The molecule has 9 nitrogen and oxygen atoms in total. The molecule has 1 atom stereocenters. The fourth-order valence-electron chi connectivity index (χ4n) is 3.69. The number of nitrogens with zero attached hydrogens (tertiary/aromatic N) is 5. The molecule has 0 bridgehead atoms. The first-order valence-corrected chi connectivity index (χ1v) is 9.65. The molecular weight excluding hydrogens is 370 g/mol. The second kappa shape index (κ2) is 8.34. The molecule has 1 aliphatic heterocycles. The summed E-state index contributed by atoms with van der Waals surface area (Å²) in [6.07, 6.45) is 4.08. The summed E-state index contributed by atoms with van der Waals surface area (Å²) in [6.45, 7) is 2.78. The van der Waals surface area contributed by atoms with E-state index in [9.17, 15) is 4.79 Å². The minimum Gasteiger partial charge on any atom is -0.497 e. The van der Waals surface area contributed by atoms with Gasteiger partial charge >= 0.3 is 0 Å². The summed E-state index contributed by atoms with van der Waals surface area (Å²) in [5.74, 6) is 1.92. The van der Waals surface area contributed by atoms with Crippen molar-refractivity contribution in [2.45, 2.75) is 6.42 Å². The van der Waals surface area contributed by atoms with E-state index in [-0.39, 0.29) is 12.5 Å².